The van der Waals surface area contributed by atoms with E-state index in [9.17, 15) is 0 Å². The minimum Gasteiger partial charge on any atom is -0.256 e. The smallest absolute Gasteiger partial charge is 0.0702 e. The van der Waals surface area contributed by atoms with Crippen LogP contribution >= 0.6 is 0 Å². The Bertz CT molecular complexity index is 830. The lowest BCUT2D eigenvalue weighted by Crippen LogP contribution is -2.41. The monoisotopic (exact) mass is 321 g/mol. The predicted octanol–water partition coefficient (Wildman–Crippen LogP) is 4.95. The lowest BCUT2D eigenvalue weighted by molar-refractivity contribution is 0.358. The van der Waals surface area contributed by atoms with Gasteiger partial charge < -0.3 is 0 Å². The number of pyridine rings is 1. The Morgan fingerprint density at radius 3 is 1.80 bits per heavy atom. The number of nitrogens with zero attached hydrogens (tertiary/aromatic N) is 1. The molecule has 0 aliphatic rings. The van der Waals surface area contributed by atoms with Gasteiger partial charge in [0.1, 0.15) is 0 Å². The van der Waals surface area contributed by atoms with Crippen LogP contribution in [0.15, 0.2) is 72.9 Å². The molecule has 1 aromatic heterocycles. The first kappa shape index (κ1) is 17.5. The van der Waals surface area contributed by atoms with Crippen LogP contribution < -0.4 is 0 Å². The van der Waals surface area contributed by atoms with Gasteiger partial charge >= 0.3 is 0 Å². The molecule has 0 spiro atoms. The van der Waals surface area contributed by atoms with Gasteiger partial charge in [-0.05, 0) is 17.0 Å². The number of hydrogen-bond acceptors (Lipinski definition) is 1. The Morgan fingerprint density at radius 2 is 1.28 bits per heavy atom. The Hall–Kier alpha value is -2.28. The summed E-state index contributed by atoms with van der Waals surface area (Å²) in [5.41, 5.74) is 4.95. The van der Waals surface area contributed by atoms with E-state index in [2.05, 4.69) is 35.3 Å². The third kappa shape index (κ3) is 3.56. The molecule has 0 unspecified atom stereocenters. The van der Waals surface area contributed by atoms with Crippen molar-refractivity contribution in [3.8, 4) is 22.4 Å². The Morgan fingerprint density at radius 1 is 0.680 bits per heavy atom. The molecule has 4 radical (unpaired) electrons. The first-order valence-electron chi connectivity index (χ1n) is 8.49. The molecule has 3 heteroatoms. The Balaban J connectivity index is 1.86. The van der Waals surface area contributed by atoms with E-state index in [1.165, 1.54) is 0 Å². The first-order chi connectivity index (χ1) is 11.8. The molecular formula is C22H21B2N. The maximum Gasteiger partial charge on any atom is 0.0702 e. The fraction of sp³-hybridized carbons (Fsp3) is 0.227. The standard InChI is InChI=1S/C22H21B2N/c1-21(2,3)22(23,24)19-12-9-16(10-13-19)18-11-14-20(25-15-18)17-7-5-4-6-8-17/h4-15H,1-3H3. The maximum absolute atomic E-state index is 6.35. The summed E-state index contributed by atoms with van der Waals surface area (Å²) in [7, 11) is 12.7. The summed E-state index contributed by atoms with van der Waals surface area (Å²) in [5, 5.41) is -0.874. The van der Waals surface area contributed by atoms with Gasteiger partial charge in [0.05, 0.1) is 21.4 Å². The molecule has 0 fully saturated rings. The number of hydrogen-bond donors (Lipinski definition) is 0. The normalized spacial score (nSPS) is 12.1. The highest BCUT2D eigenvalue weighted by atomic mass is 14.7. The fourth-order valence-electron chi connectivity index (χ4n) is 2.72. The van der Waals surface area contributed by atoms with Crippen molar-refractivity contribution in [1.82, 2.24) is 4.98 Å². The van der Waals surface area contributed by atoms with Gasteiger partial charge in [-0.2, -0.15) is 0 Å². The van der Waals surface area contributed by atoms with Crippen molar-refractivity contribution in [2.75, 3.05) is 0 Å². The van der Waals surface area contributed by atoms with Gasteiger partial charge in [0, 0.05) is 17.3 Å². The summed E-state index contributed by atoms with van der Waals surface area (Å²) < 4.78 is 0. The van der Waals surface area contributed by atoms with E-state index >= 15 is 0 Å². The molecule has 0 atom stereocenters. The zero-order chi connectivity index (χ0) is 18.1. The van der Waals surface area contributed by atoms with Gasteiger partial charge in [0.25, 0.3) is 0 Å². The molecule has 1 nitrogen and oxygen atoms in total. The molecule has 120 valence electrons. The van der Waals surface area contributed by atoms with Crippen LogP contribution in [-0.4, -0.2) is 20.7 Å². The van der Waals surface area contributed by atoms with Crippen LogP contribution in [0.3, 0.4) is 0 Å². The second-order valence-corrected chi connectivity index (χ2v) is 7.49. The summed E-state index contributed by atoms with van der Waals surface area (Å²) in [4.78, 5) is 4.59. The molecule has 1 heterocycles. The number of benzene rings is 2. The van der Waals surface area contributed by atoms with Gasteiger partial charge in [-0.15, -0.1) is 0 Å². The lowest BCUT2D eigenvalue weighted by atomic mass is 9.41. The van der Waals surface area contributed by atoms with Crippen LogP contribution in [-0.2, 0) is 5.21 Å². The molecule has 0 saturated heterocycles. The maximum atomic E-state index is 6.35. The molecule has 3 aromatic rings. The van der Waals surface area contributed by atoms with E-state index in [-0.39, 0.29) is 5.41 Å². The van der Waals surface area contributed by atoms with Gasteiger partial charge in [-0.1, -0.05) is 92.2 Å². The summed E-state index contributed by atoms with van der Waals surface area (Å²) in [6, 6.07) is 22.4. The molecule has 2 aromatic carbocycles. The third-order valence-corrected chi connectivity index (χ3v) is 4.77. The lowest BCUT2D eigenvalue weighted by Gasteiger charge is -2.40. The predicted molar refractivity (Wildman–Crippen MR) is 108 cm³/mol. The van der Waals surface area contributed by atoms with E-state index in [1.807, 2.05) is 63.4 Å². The van der Waals surface area contributed by atoms with Crippen molar-refractivity contribution in [3.05, 3.63) is 78.5 Å². The van der Waals surface area contributed by atoms with Crippen molar-refractivity contribution < 1.29 is 0 Å². The number of aromatic nitrogens is 1. The van der Waals surface area contributed by atoms with Crippen LogP contribution in [0.5, 0.6) is 0 Å². The topological polar surface area (TPSA) is 12.9 Å². The van der Waals surface area contributed by atoms with E-state index in [0.717, 1.165) is 27.9 Å². The SMILES string of the molecule is [B]C([B])(c1ccc(-c2ccc(-c3ccccc3)nc2)cc1)C(C)(C)C. The highest BCUT2D eigenvalue weighted by Gasteiger charge is 2.32. The van der Waals surface area contributed by atoms with Crippen molar-refractivity contribution in [2.24, 2.45) is 5.41 Å². The van der Waals surface area contributed by atoms with Crippen LogP contribution in [0.2, 0.25) is 0 Å². The van der Waals surface area contributed by atoms with Gasteiger partial charge in [-0.25, -0.2) is 0 Å². The summed E-state index contributed by atoms with van der Waals surface area (Å²) in [5.74, 6) is 0. The van der Waals surface area contributed by atoms with Gasteiger partial charge in [-0.3, -0.25) is 4.98 Å². The summed E-state index contributed by atoms with van der Waals surface area (Å²) in [6.07, 6.45) is 1.90. The highest BCUT2D eigenvalue weighted by Crippen LogP contribution is 2.36. The second kappa shape index (κ2) is 6.55. The second-order valence-electron chi connectivity index (χ2n) is 7.49. The van der Waals surface area contributed by atoms with Gasteiger partial charge in [0.2, 0.25) is 0 Å². The van der Waals surface area contributed by atoms with E-state index in [0.29, 0.717) is 0 Å². The molecule has 0 N–H and O–H groups in total. The van der Waals surface area contributed by atoms with Crippen molar-refractivity contribution in [1.29, 1.82) is 0 Å². The zero-order valence-corrected chi connectivity index (χ0v) is 15.0. The zero-order valence-electron chi connectivity index (χ0n) is 15.0. The average Bonchev–Trinajstić information content (AvgIpc) is 2.62. The quantitative estimate of drug-likeness (QED) is 0.622. The molecular weight excluding hydrogens is 300 g/mol. The first-order valence-corrected chi connectivity index (χ1v) is 8.49. The Kier molecular flexibility index (Phi) is 4.60. The minimum absolute atomic E-state index is 0.229. The van der Waals surface area contributed by atoms with Crippen molar-refractivity contribution in [2.45, 2.75) is 26.0 Å². The summed E-state index contributed by atoms with van der Waals surface area (Å²) >= 11 is 0. The van der Waals surface area contributed by atoms with Crippen molar-refractivity contribution >= 4 is 15.7 Å². The van der Waals surface area contributed by atoms with Crippen molar-refractivity contribution in [3.63, 3.8) is 0 Å². The minimum atomic E-state index is -0.874. The van der Waals surface area contributed by atoms with E-state index < -0.39 is 5.21 Å². The Labute approximate surface area is 153 Å². The molecule has 25 heavy (non-hydrogen) atoms. The molecule has 0 bridgehead atoms. The highest BCUT2D eigenvalue weighted by molar-refractivity contribution is 6.40. The largest absolute Gasteiger partial charge is 0.256 e. The molecule has 0 aliphatic heterocycles. The van der Waals surface area contributed by atoms with Crippen LogP contribution in [0.4, 0.5) is 0 Å². The molecule has 0 aliphatic carbocycles. The fourth-order valence-corrected chi connectivity index (χ4v) is 2.72. The average molecular weight is 321 g/mol. The van der Waals surface area contributed by atoms with E-state index in [4.69, 9.17) is 15.7 Å². The van der Waals surface area contributed by atoms with Gasteiger partial charge in [0.15, 0.2) is 0 Å². The molecule has 0 saturated carbocycles. The molecule has 3 rings (SSSR count). The number of rotatable bonds is 3. The summed E-state index contributed by atoms with van der Waals surface area (Å²) in [6.45, 7) is 6.15. The molecule has 0 amide bonds. The van der Waals surface area contributed by atoms with E-state index in [1.54, 1.807) is 0 Å². The van der Waals surface area contributed by atoms with Crippen LogP contribution in [0.1, 0.15) is 26.3 Å². The third-order valence-electron chi connectivity index (χ3n) is 4.77. The van der Waals surface area contributed by atoms with Crippen LogP contribution in [0.25, 0.3) is 22.4 Å². The van der Waals surface area contributed by atoms with Crippen LogP contribution in [0, 0.1) is 5.41 Å².